The molecule has 0 amide bonds. The Morgan fingerprint density at radius 1 is 0.786 bits per heavy atom. The van der Waals surface area contributed by atoms with E-state index in [-0.39, 0.29) is 26.5 Å². The first kappa shape index (κ1) is 35.0. The van der Waals surface area contributed by atoms with Crippen molar-refractivity contribution in [2.45, 2.75) is 112 Å². The molecule has 2 aromatic carbocycles. The number of halogens is 1. The van der Waals surface area contributed by atoms with Crippen molar-refractivity contribution in [3.8, 4) is 0 Å². The normalized spacial score (nSPS) is 22.8. The van der Waals surface area contributed by atoms with Crippen molar-refractivity contribution in [2.24, 2.45) is 0 Å². The third-order valence-corrected chi connectivity index (χ3v) is 21.2. The first-order chi connectivity index (χ1) is 19.0. The highest BCUT2D eigenvalue weighted by molar-refractivity contribution is 8.04. The topological polar surface area (TPSA) is 108 Å². The van der Waals surface area contributed by atoms with E-state index in [0.717, 1.165) is 0 Å². The minimum atomic E-state index is -4.43. The lowest BCUT2D eigenvalue weighted by Crippen LogP contribution is -2.50. The second kappa shape index (κ2) is 12.1. The van der Waals surface area contributed by atoms with Gasteiger partial charge in [-0.2, -0.15) is 0 Å². The van der Waals surface area contributed by atoms with Crippen molar-refractivity contribution in [1.29, 1.82) is 0 Å². The molecule has 0 radical (unpaired) electrons. The minimum Gasteiger partial charge on any atom is -0.414 e. The molecule has 0 spiro atoms. The molecular weight excluding hydrogens is 614 g/mol. The van der Waals surface area contributed by atoms with Crippen molar-refractivity contribution in [3.05, 3.63) is 60.2 Å². The predicted molar refractivity (Wildman–Crippen MR) is 168 cm³/mol. The Balaban J connectivity index is 1.87. The lowest BCUT2D eigenvalue weighted by atomic mass is 10.0. The van der Waals surface area contributed by atoms with E-state index in [0.29, 0.717) is 5.56 Å². The lowest BCUT2D eigenvalue weighted by Gasteiger charge is -2.41. The Morgan fingerprint density at radius 3 is 1.74 bits per heavy atom. The van der Waals surface area contributed by atoms with Crippen LogP contribution in [0.4, 0.5) is 4.39 Å². The van der Waals surface area contributed by atoms with Gasteiger partial charge in [0, 0.05) is 0 Å². The van der Waals surface area contributed by atoms with E-state index in [1.807, 2.05) is 0 Å². The van der Waals surface area contributed by atoms with Gasteiger partial charge in [-0.1, -0.05) is 71.9 Å². The summed E-state index contributed by atoms with van der Waals surface area (Å²) in [4.78, 5) is -0.449. The molecule has 13 heteroatoms. The molecule has 42 heavy (non-hydrogen) atoms. The Bertz CT molecular complexity index is 1440. The van der Waals surface area contributed by atoms with E-state index in [1.54, 1.807) is 10.2 Å². The zero-order valence-corrected chi connectivity index (χ0v) is 29.9. The highest BCUT2D eigenvalue weighted by atomic mass is 32.3. The number of hydrogen-bond donors (Lipinski definition) is 1. The number of rotatable bonds is 10. The maximum atomic E-state index is 16.2. The second-order valence-corrected chi connectivity index (χ2v) is 27.1. The molecule has 0 unspecified atom stereocenters. The molecule has 1 fully saturated rings. The molecule has 1 N–H and O–H groups in total. The van der Waals surface area contributed by atoms with Crippen molar-refractivity contribution < 1.29 is 34.8 Å². The smallest absolute Gasteiger partial charge is 0.253 e. The quantitative estimate of drug-likeness (QED) is 0.289. The van der Waals surface area contributed by atoms with Gasteiger partial charge in [0.2, 0.25) is 0 Å². The molecule has 1 heterocycles. The first-order valence-electron chi connectivity index (χ1n) is 14.0. The third kappa shape index (κ3) is 7.78. The fourth-order valence-electron chi connectivity index (χ4n) is 3.96. The fraction of sp³-hybridized carbons (Fsp3) is 0.586. The number of ether oxygens (including phenoxy) is 1. The van der Waals surface area contributed by atoms with Gasteiger partial charge in [-0.25, -0.2) is 21.2 Å². The summed E-state index contributed by atoms with van der Waals surface area (Å²) in [7, 11) is -13.3. The van der Waals surface area contributed by atoms with Gasteiger partial charge in [0.25, 0.3) is 20.0 Å². The highest BCUT2D eigenvalue weighted by Crippen LogP contribution is 2.44. The zero-order valence-electron chi connectivity index (χ0n) is 26.3. The van der Waals surface area contributed by atoms with Crippen LogP contribution in [0.3, 0.4) is 0 Å². The van der Waals surface area contributed by atoms with E-state index >= 15 is 4.39 Å². The van der Waals surface area contributed by atoms with Crippen molar-refractivity contribution in [1.82, 2.24) is 4.13 Å². The molecule has 0 saturated carbocycles. The van der Waals surface area contributed by atoms with Crippen LogP contribution in [0.25, 0.3) is 0 Å². The van der Waals surface area contributed by atoms with Crippen molar-refractivity contribution in [2.75, 3.05) is 6.61 Å². The van der Waals surface area contributed by atoms with Gasteiger partial charge in [-0.15, -0.1) is 4.13 Å². The summed E-state index contributed by atoms with van der Waals surface area (Å²) in [6.45, 7) is 21.2. The molecule has 2 aromatic rings. The summed E-state index contributed by atoms with van der Waals surface area (Å²) in [6.07, 6.45) is -4.05. The first-order valence-corrected chi connectivity index (χ1v) is 22.8. The van der Waals surface area contributed by atoms with Gasteiger partial charge in [-0.05, 0) is 66.1 Å². The summed E-state index contributed by atoms with van der Waals surface area (Å²) >= 11 is 0. The predicted octanol–water partition coefficient (Wildman–Crippen LogP) is 6.54. The zero-order chi connectivity index (χ0) is 31.9. The minimum absolute atomic E-state index is 0.0424. The average molecular weight is 660 g/mol. The second-order valence-electron chi connectivity index (χ2n) is 13.9. The highest BCUT2D eigenvalue weighted by Gasteiger charge is 2.52. The van der Waals surface area contributed by atoms with Crippen molar-refractivity contribution >= 4 is 36.7 Å². The van der Waals surface area contributed by atoms with Crippen LogP contribution in [0.5, 0.6) is 0 Å². The Labute approximate surface area is 253 Å². The van der Waals surface area contributed by atoms with Gasteiger partial charge >= 0.3 is 0 Å². The van der Waals surface area contributed by atoms with Gasteiger partial charge in [0.15, 0.2) is 22.8 Å². The summed E-state index contributed by atoms with van der Waals surface area (Å²) in [6, 6.07) is 12.6. The van der Waals surface area contributed by atoms with Gasteiger partial charge in [-0.3, -0.25) is 0 Å². The maximum absolute atomic E-state index is 16.2. The molecule has 4 atom stereocenters. The van der Waals surface area contributed by atoms with Gasteiger partial charge < -0.3 is 13.6 Å². The number of nitrogens with one attached hydrogen (secondary N) is 1. The summed E-state index contributed by atoms with van der Waals surface area (Å²) < 4.78 is 88.3. The van der Waals surface area contributed by atoms with E-state index in [9.17, 15) is 16.8 Å². The van der Waals surface area contributed by atoms with Crippen LogP contribution in [0.1, 0.15) is 53.2 Å². The van der Waals surface area contributed by atoms with Crippen LogP contribution in [0.2, 0.25) is 36.3 Å². The van der Waals surface area contributed by atoms with Gasteiger partial charge in [0.1, 0.15) is 18.3 Å². The van der Waals surface area contributed by atoms with E-state index in [1.165, 1.54) is 48.5 Å². The molecule has 1 saturated heterocycles. The molecule has 0 bridgehead atoms. The molecular formula is C29H46FNO7S2Si2. The number of hydrogen-bond acceptors (Lipinski definition) is 7. The van der Waals surface area contributed by atoms with E-state index in [2.05, 4.69) is 67.7 Å². The molecule has 8 nitrogen and oxygen atoms in total. The molecule has 236 valence electrons. The van der Waals surface area contributed by atoms with Gasteiger partial charge in [0.05, 0.1) is 16.4 Å². The number of sulfonamides is 2. The Morgan fingerprint density at radius 2 is 1.26 bits per heavy atom. The standard InChI is InChI=1S/C29H46FNO7S2Si2/c1-28(2,3)41(7,8)36-20-24-27(38-42(9,10)29(4,5)6)25(30)26(37-24)21-16-18-23(19-17-21)40(34,35)31-39(32,33)22-14-12-11-13-15-22/h11-19,24-27,31H,20H2,1-10H3/t24-,25+,26+,27-/m1/s1. The van der Waals surface area contributed by atoms with Crippen LogP contribution < -0.4 is 4.13 Å². The lowest BCUT2D eigenvalue weighted by molar-refractivity contribution is -0.0167. The monoisotopic (exact) mass is 659 g/mol. The summed E-state index contributed by atoms with van der Waals surface area (Å²) in [5.74, 6) is 0. The molecule has 3 rings (SSSR count). The molecule has 0 aromatic heterocycles. The average Bonchev–Trinajstić information content (AvgIpc) is 3.16. The largest absolute Gasteiger partial charge is 0.414 e. The SMILES string of the molecule is CC(C)(C)[Si](C)(C)OC[C@H]1O[C@@H](c2ccc(S(=O)(=O)NS(=O)(=O)c3ccccc3)cc2)[C@H](F)[C@@H]1O[Si](C)(C)C(C)(C)C. The molecule has 0 aliphatic carbocycles. The fourth-order valence-corrected chi connectivity index (χ4v) is 9.22. The van der Waals surface area contributed by atoms with E-state index in [4.69, 9.17) is 13.6 Å². The summed E-state index contributed by atoms with van der Waals surface area (Å²) in [5, 5.41) is -0.196. The Kier molecular flexibility index (Phi) is 10.1. The van der Waals surface area contributed by atoms with Crippen LogP contribution in [-0.4, -0.2) is 58.5 Å². The van der Waals surface area contributed by atoms with Crippen LogP contribution >= 0.6 is 0 Å². The summed E-state index contributed by atoms with van der Waals surface area (Å²) in [5.41, 5.74) is 0.422. The van der Waals surface area contributed by atoms with Crippen LogP contribution in [-0.2, 0) is 33.6 Å². The van der Waals surface area contributed by atoms with Crippen LogP contribution in [0.15, 0.2) is 64.4 Å². The Hall–Kier alpha value is -1.46. The van der Waals surface area contributed by atoms with E-state index < -0.39 is 61.2 Å². The van der Waals surface area contributed by atoms with Crippen LogP contribution in [0, 0.1) is 0 Å². The van der Waals surface area contributed by atoms with Crippen molar-refractivity contribution in [3.63, 3.8) is 0 Å². The molecule has 1 aliphatic rings. The number of alkyl halides is 1. The molecule has 1 aliphatic heterocycles. The number of benzene rings is 2. The maximum Gasteiger partial charge on any atom is 0.253 e. The third-order valence-electron chi connectivity index (χ3n) is 8.73.